The minimum Gasteiger partial charge on any atom is -0.493 e. The van der Waals surface area contributed by atoms with E-state index < -0.39 is 0 Å². The predicted molar refractivity (Wildman–Crippen MR) is 53.6 cm³/mol. The van der Waals surface area contributed by atoms with E-state index in [0.717, 1.165) is 5.75 Å². The zero-order valence-electron chi connectivity index (χ0n) is 8.12. The van der Waals surface area contributed by atoms with E-state index in [4.69, 9.17) is 10.6 Å². The van der Waals surface area contributed by atoms with Crippen molar-refractivity contribution in [2.75, 3.05) is 6.61 Å². The smallest absolute Gasteiger partial charge is 0.237 e. The third kappa shape index (κ3) is 3.45. The second-order valence-corrected chi connectivity index (χ2v) is 2.98. The molecule has 0 saturated carbocycles. The molecule has 0 aromatic heterocycles. The molecular weight excluding hydrogens is 180 g/mol. The first-order valence-electron chi connectivity index (χ1n) is 4.41. The van der Waals surface area contributed by atoms with Crippen LogP contribution >= 0.6 is 0 Å². The molecule has 1 aromatic carbocycles. The number of nitrogens with one attached hydrogen (secondary N) is 1. The third-order valence-electron chi connectivity index (χ3n) is 1.78. The lowest BCUT2D eigenvalue weighted by Gasteiger charge is -2.05. The van der Waals surface area contributed by atoms with E-state index in [1.807, 2.05) is 36.6 Å². The zero-order chi connectivity index (χ0) is 10.4. The fourth-order valence-electron chi connectivity index (χ4n) is 0.968. The molecule has 14 heavy (non-hydrogen) atoms. The van der Waals surface area contributed by atoms with Gasteiger partial charge in [0.15, 0.2) is 0 Å². The van der Waals surface area contributed by atoms with Gasteiger partial charge in [-0.2, -0.15) is 0 Å². The van der Waals surface area contributed by atoms with Crippen LogP contribution in [0.25, 0.3) is 0 Å². The van der Waals surface area contributed by atoms with Crippen LogP contribution in [0.3, 0.4) is 0 Å². The van der Waals surface area contributed by atoms with Crippen LogP contribution in [0.1, 0.15) is 12.0 Å². The highest BCUT2D eigenvalue weighted by Gasteiger charge is 1.98. The number of benzene rings is 1. The van der Waals surface area contributed by atoms with Crippen LogP contribution in [-0.4, -0.2) is 12.5 Å². The molecule has 0 aliphatic carbocycles. The van der Waals surface area contributed by atoms with Gasteiger partial charge in [-0.25, -0.2) is 5.84 Å². The fraction of sp³-hybridized carbons (Fsp3) is 0.300. The Balaban J connectivity index is 2.31. The average molecular weight is 194 g/mol. The summed E-state index contributed by atoms with van der Waals surface area (Å²) in [5.74, 6) is 5.46. The number of hydrogen-bond acceptors (Lipinski definition) is 3. The average Bonchev–Trinajstić information content (AvgIpc) is 2.21. The summed E-state index contributed by atoms with van der Waals surface area (Å²) in [5, 5.41) is 0. The van der Waals surface area contributed by atoms with Crippen molar-refractivity contribution in [1.82, 2.24) is 5.43 Å². The van der Waals surface area contributed by atoms with Gasteiger partial charge >= 0.3 is 0 Å². The van der Waals surface area contributed by atoms with Gasteiger partial charge in [-0.05, 0) is 19.1 Å². The Morgan fingerprint density at radius 1 is 1.43 bits per heavy atom. The van der Waals surface area contributed by atoms with Crippen molar-refractivity contribution >= 4 is 5.91 Å². The molecule has 1 rings (SSSR count). The molecule has 76 valence electrons. The molecule has 0 heterocycles. The topological polar surface area (TPSA) is 64.3 Å². The minimum atomic E-state index is -0.225. The number of amides is 1. The molecular formula is C10H14N2O2. The molecule has 0 unspecified atom stereocenters. The highest BCUT2D eigenvalue weighted by Crippen LogP contribution is 2.11. The summed E-state index contributed by atoms with van der Waals surface area (Å²) in [6.07, 6.45) is 0.268. The lowest BCUT2D eigenvalue weighted by Crippen LogP contribution is -2.31. The quantitative estimate of drug-likeness (QED) is 0.422. The van der Waals surface area contributed by atoms with E-state index in [0.29, 0.717) is 6.61 Å². The van der Waals surface area contributed by atoms with Crippen molar-refractivity contribution in [1.29, 1.82) is 0 Å². The number of carbonyl (C=O) groups is 1. The van der Waals surface area contributed by atoms with Crippen LogP contribution in [0.2, 0.25) is 0 Å². The molecule has 4 heteroatoms. The van der Waals surface area contributed by atoms with E-state index in [1.54, 1.807) is 0 Å². The lowest BCUT2D eigenvalue weighted by atomic mass is 10.2. The number of carbonyl (C=O) groups excluding carboxylic acids is 1. The fourth-order valence-corrected chi connectivity index (χ4v) is 0.968. The first-order chi connectivity index (χ1) is 6.72. The molecule has 0 radical (unpaired) electrons. The Morgan fingerprint density at radius 2 is 2.07 bits per heavy atom. The minimum absolute atomic E-state index is 0.225. The Labute approximate surface area is 83.0 Å². The first kappa shape index (κ1) is 10.5. The monoisotopic (exact) mass is 194 g/mol. The van der Waals surface area contributed by atoms with Crippen molar-refractivity contribution < 1.29 is 9.53 Å². The molecule has 0 saturated heterocycles. The van der Waals surface area contributed by atoms with Crippen LogP contribution < -0.4 is 16.0 Å². The molecule has 3 N–H and O–H groups in total. The van der Waals surface area contributed by atoms with Crippen molar-refractivity contribution in [2.24, 2.45) is 5.84 Å². The molecule has 1 amide bonds. The maximum absolute atomic E-state index is 10.7. The summed E-state index contributed by atoms with van der Waals surface area (Å²) >= 11 is 0. The summed E-state index contributed by atoms with van der Waals surface area (Å²) in [6.45, 7) is 2.34. The molecule has 0 bridgehead atoms. The van der Waals surface area contributed by atoms with Gasteiger partial charge in [-0.15, -0.1) is 0 Å². The van der Waals surface area contributed by atoms with Crippen LogP contribution in [-0.2, 0) is 4.79 Å². The van der Waals surface area contributed by atoms with Gasteiger partial charge < -0.3 is 4.74 Å². The summed E-state index contributed by atoms with van der Waals surface area (Å²) in [4.78, 5) is 10.7. The van der Waals surface area contributed by atoms with E-state index in [9.17, 15) is 4.79 Å². The van der Waals surface area contributed by atoms with Crippen LogP contribution in [0.4, 0.5) is 0 Å². The summed E-state index contributed by atoms with van der Waals surface area (Å²) in [6, 6.07) is 7.65. The molecule has 4 nitrogen and oxygen atoms in total. The van der Waals surface area contributed by atoms with E-state index >= 15 is 0 Å². The number of hydrazine groups is 1. The number of rotatable bonds is 4. The lowest BCUT2D eigenvalue weighted by molar-refractivity contribution is -0.121. The Bertz CT molecular complexity index is 295. The summed E-state index contributed by atoms with van der Waals surface area (Å²) in [5.41, 5.74) is 3.22. The second-order valence-electron chi connectivity index (χ2n) is 2.98. The highest BCUT2D eigenvalue weighted by molar-refractivity contribution is 5.75. The zero-order valence-corrected chi connectivity index (χ0v) is 8.12. The number of ether oxygens (including phenoxy) is 1. The van der Waals surface area contributed by atoms with Crippen LogP contribution in [0, 0.1) is 6.92 Å². The number of hydrogen-bond donors (Lipinski definition) is 2. The molecule has 0 aliphatic rings. The SMILES string of the molecule is Cc1ccc(OCCC(=O)NN)cc1. The van der Waals surface area contributed by atoms with Crippen LogP contribution in [0.5, 0.6) is 5.75 Å². The maximum Gasteiger partial charge on any atom is 0.237 e. The maximum atomic E-state index is 10.7. The van der Waals surface area contributed by atoms with Crippen LogP contribution in [0.15, 0.2) is 24.3 Å². The molecule has 1 aromatic rings. The highest BCUT2D eigenvalue weighted by atomic mass is 16.5. The molecule has 0 spiro atoms. The Hall–Kier alpha value is -1.55. The third-order valence-corrected chi connectivity index (χ3v) is 1.78. The standard InChI is InChI=1S/C10H14N2O2/c1-8-2-4-9(5-3-8)14-7-6-10(13)12-11/h2-5H,6-7,11H2,1H3,(H,12,13). The van der Waals surface area contributed by atoms with E-state index in [2.05, 4.69) is 0 Å². The van der Waals surface area contributed by atoms with Gasteiger partial charge in [0, 0.05) is 0 Å². The Morgan fingerprint density at radius 3 is 2.64 bits per heavy atom. The van der Waals surface area contributed by atoms with Crippen molar-refractivity contribution in [2.45, 2.75) is 13.3 Å². The predicted octanol–water partition coefficient (Wildman–Crippen LogP) is 0.754. The molecule has 0 atom stereocenters. The van der Waals surface area contributed by atoms with Gasteiger partial charge in [0.25, 0.3) is 0 Å². The van der Waals surface area contributed by atoms with Gasteiger partial charge in [0.1, 0.15) is 5.75 Å². The summed E-state index contributed by atoms with van der Waals surface area (Å²) < 4.78 is 5.32. The number of nitrogens with two attached hydrogens (primary N) is 1. The van der Waals surface area contributed by atoms with Crippen molar-refractivity contribution in [3.05, 3.63) is 29.8 Å². The summed E-state index contributed by atoms with van der Waals surface area (Å²) in [7, 11) is 0. The number of aryl methyl sites for hydroxylation is 1. The van der Waals surface area contributed by atoms with Gasteiger partial charge in [0.05, 0.1) is 13.0 Å². The van der Waals surface area contributed by atoms with Gasteiger partial charge in [-0.3, -0.25) is 10.2 Å². The molecule has 0 aliphatic heterocycles. The molecule has 0 fully saturated rings. The van der Waals surface area contributed by atoms with Gasteiger partial charge in [0.2, 0.25) is 5.91 Å². The van der Waals surface area contributed by atoms with E-state index in [-0.39, 0.29) is 12.3 Å². The van der Waals surface area contributed by atoms with E-state index in [1.165, 1.54) is 5.56 Å². The Kier molecular flexibility index (Phi) is 3.94. The van der Waals surface area contributed by atoms with Gasteiger partial charge in [-0.1, -0.05) is 17.7 Å². The largest absolute Gasteiger partial charge is 0.493 e. The second kappa shape index (κ2) is 5.24. The normalized spacial score (nSPS) is 9.57. The van der Waals surface area contributed by atoms with Crippen molar-refractivity contribution in [3.63, 3.8) is 0 Å². The first-order valence-corrected chi connectivity index (χ1v) is 4.41. The van der Waals surface area contributed by atoms with Crippen molar-refractivity contribution in [3.8, 4) is 5.75 Å².